The van der Waals surface area contributed by atoms with Gasteiger partial charge >= 0.3 is 5.97 Å². The summed E-state index contributed by atoms with van der Waals surface area (Å²) in [6, 6.07) is 8.71. The molecule has 0 amide bonds. The molecule has 2 unspecified atom stereocenters. The van der Waals surface area contributed by atoms with Crippen molar-refractivity contribution in [2.45, 2.75) is 106 Å². The van der Waals surface area contributed by atoms with Crippen molar-refractivity contribution >= 4 is 33.7 Å². The molecule has 0 aliphatic carbocycles. The van der Waals surface area contributed by atoms with Crippen LogP contribution in [0.1, 0.15) is 119 Å². The molecule has 6 nitrogen and oxygen atoms in total. The van der Waals surface area contributed by atoms with Gasteiger partial charge in [0.2, 0.25) is 0 Å². The van der Waals surface area contributed by atoms with Gasteiger partial charge in [-0.1, -0.05) is 73.1 Å². The molecule has 0 aliphatic rings. The first-order valence-electron chi connectivity index (χ1n) is 15.4. The minimum atomic E-state index is -0.421. The third-order valence-corrected chi connectivity index (χ3v) is 8.96. The van der Waals surface area contributed by atoms with Gasteiger partial charge in [0.15, 0.2) is 5.00 Å². The quantitative estimate of drug-likeness (QED) is 0.133. The number of nitriles is 1. The fourth-order valence-corrected chi connectivity index (χ4v) is 6.06. The summed E-state index contributed by atoms with van der Waals surface area (Å²) in [6.07, 6.45) is 10.8. The zero-order valence-corrected chi connectivity index (χ0v) is 26.7. The topological polar surface area (TPSA) is 78.1 Å². The predicted molar refractivity (Wildman–Crippen MR) is 169 cm³/mol. The number of aryl methyl sites for hydroxylation is 1. The van der Waals surface area contributed by atoms with Crippen molar-refractivity contribution in [2.75, 3.05) is 24.6 Å². The van der Waals surface area contributed by atoms with E-state index < -0.39 is 5.97 Å². The Balaban J connectivity index is 2.40. The molecule has 0 bridgehead atoms. The summed E-state index contributed by atoms with van der Waals surface area (Å²) in [5.74, 6) is 0.955. The van der Waals surface area contributed by atoms with Crippen molar-refractivity contribution in [3.05, 3.63) is 39.8 Å². The molecule has 0 saturated carbocycles. The van der Waals surface area contributed by atoms with Crippen molar-refractivity contribution in [1.29, 1.82) is 5.26 Å². The van der Waals surface area contributed by atoms with E-state index >= 15 is 0 Å². The summed E-state index contributed by atoms with van der Waals surface area (Å²) in [6.45, 7) is 17.3. The van der Waals surface area contributed by atoms with Crippen LogP contribution in [-0.4, -0.2) is 25.7 Å². The number of hydrogen-bond donors (Lipinski definition) is 0. The maximum Gasteiger partial charge on any atom is 0.348 e. The lowest BCUT2D eigenvalue weighted by Gasteiger charge is -2.33. The van der Waals surface area contributed by atoms with Crippen LogP contribution in [0.25, 0.3) is 0 Å². The average molecular weight is 567 g/mol. The van der Waals surface area contributed by atoms with Gasteiger partial charge in [-0.2, -0.15) is 5.26 Å². The number of esters is 1. The SMILES string of the molecule is CCCCC(CC)CN(CC(CC)CCCC)c1ccc(/N=N/c2sc(C(=O)OCC)c(C)c2C#N)c(CC)c1. The summed E-state index contributed by atoms with van der Waals surface area (Å²) in [7, 11) is 0. The lowest BCUT2D eigenvalue weighted by molar-refractivity contribution is 0.0531. The van der Waals surface area contributed by atoms with E-state index in [1.54, 1.807) is 13.8 Å². The van der Waals surface area contributed by atoms with E-state index in [1.807, 2.05) is 0 Å². The number of carbonyl (C=O) groups is 1. The largest absolute Gasteiger partial charge is 0.462 e. The van der Waals surface area contributed by atoms with Crippen LogP contribution in [0.3, 0.4) is 0 Å². The number of rotatable bonds is 18. The highest BCUT2D eigenvalue weighted by Crippen LogP contribution is 2.37. The maximum atomic E-state index is 12.3. The smallest absolute Gasteiger partial charge is 0.348 e. The Morgan fingerprint density at radius 1 is 1.00 bits per heavy atom. The number of thiophene rings is 1. The van der Waals surface area contributed by atoms with Crippen LogP contribution in [0, 0.1) is 30.1 Å². The molecule has 7 heteroatoms. The van der Waals surface area contributed by atoms with Crippen molar-refractivity contribution in [3.8, 4) is 6.07 Å². The zero-order chi connectivity index (χ0) is 29.5. The molecule has 1 heterocycles. The Morgan fingerprint density at radius 2 is 1.62 bits per heavy atom. The third kappa shape index (κ3) is 9.44. The van der Waals surface area contributed by atoms with Crippen molar-refractivity contribution in [3.63, 3.8) is 0 Å². The summed E-state index contributed by atoms with van der Waals surface area (Å²) >= 11 is 1.17. The number of nitrogens with zero attached hydrogens (tertiary/aromatic N) is 4. The standard InChI is InChI=1S/C33H50N4O2S/c1-8-14-16-25(10-3)22-37(23-26(11-4)17-15-9-2)28-18-19-30(27(12-5)20-28)35-36-32-29(21-34)24(7)31(40-32)33(38)39-13-6/h18-20,25-26H,8-17,22-23H2,1-7H3/b36-35+. The number of ether oxygens (including phenoxy) is 1. The van der Waals surface area contributed by atoms with Crippen LogP contribution in [-0.2, 0) is 11.2 Å². The van der Waals surface area contributed by atoms with Gasteiger partial charge in [0.05, 0.1) is 17.9 Å². The highest BCUT2D eigenvalue weighted by molar-refractivity contribution is 7.18. The summed E-state index contributed by atoms with van der Waals surface area (Å²) in [5, 5.41) is 19.2. The maximum absolute atomic E-state index is 12.3. The van der Waals surface area contributed by atoms with Crippen LogP contribution < -0.4 is 4.90 Å². The normalized spacial score (nSPS) is 12.8. The van der Waals surface area contributed by atoms with Crippen LogP contribution >= 0.6 is 11.3 Å². The van der Waals surface area contributed by atoms with Crippen molar-refractivity contribution < 1.29 is 9.53 Å². The predicted octanol–water partition coefficient (Wildman–Crippen LogP) is 10.3. The van der Waals surface area contributed by atoms with Crippen LogP contribution in [0.5, 0.6) is 0 Å². The molecule has 0 saturated heterocycles. The Kier molecular flexibility index (Phi) is 15.0. The molecule has 0 radical (unpaired) electrons. The summed E-state index contributed by atoms with van der Waals surface area (Å²) in [5.41, 5.74) is 4.17. The molecule has 0 aliphatic heterocycles. The lowest BCUT2D eigenvalue weighted by atomic mass is 9.95. The van der Waals surface area contributed by atoms with Gasteiger partial charge in [-0.15, -0.1) is 21.6 Å². The van der Waals surface area contributed by atoms with Gasteiger partial charge in [0.25, 0.3) is 0 Å². The second-order valence-corrected chi connectivity index (χ2v) is 11.7. The first-order valence-corrected chi connectivity index (χ1v) is 16.2. The minimum absolute atomic E-state index is 0.285. The van der Waals surface area contributed by atoms with Gasteiger partial charge < -0.3 is 9.64 Å². The Labute approximate surface area is 246 Å². The first-order chi connectivity index (χ1) is 19.4. The number of azo groups is 1. The van der Waals surface area contributed by atoms with E-state index in [1.165, 1.54) is 68.4 Å². The highest BCUT2D eigenvalue weighted by atomic mass is 32.1. The van der Waals surface area contributed by atoms with E-state index in [0.717, 1.165) is 30.8 Å². The van der Waals surface area contributed by atoms with E-state index in [2.05, 4.69) is 74.0 Å². The van der Waals surface area contributed by atoms with Gasteiger partial charge in [-0.3, -0.25) is 0 Å². The second kappa shape index (κ2) is 17.9. The van der Waals surface area contributed by atoms with E-state index in [4.69, 9.17) is 4.74 Å². The molecule has 0 N–H and O–H groups in total. The Bertz CT molecular complexity index is 1120. The molecule has 2 atom stereocenters. The Hall–Kier alpha value is -2.72. The van der Waals surface area contributed by atoms with Gasteiger partial charge in [-0.05, 0) is 74.3 Å². The van der Waals surface area contributed by atoms with Crippen molar-refractivity contribution in [1.82, 2.24) is 0 Å². The molecule has 40 heavy (non-hydrogen) atoms. The molecular formula is C33H50N4O2S. The number of benzene rings is 1. The van der Waals surface area contributed by atoms with Crippen molar-refractivity contribution in [2.24, 2.45) is 22.1 Å². The number of hydrogen-bond acceptors (Lipinski definition) is 7. The number of carbonyl (C=O) groups excluding carboxylic acids is 1. The summed E-state index contributed by atoms with van der Waals surface area (Å²) in [4.78, 5) is 15.4. The molecular weight excluding hydrogens is 516 g/mol. The van der Waals surface area contributed by atoms with Gasteiger partial charge in [-0.25, -0.2) is 4.79 Å². The van der Waals surface area contributed by atoms with E-state index in [0.29, 0.717) is 32.8 Å². The molecule has 2 aromatic rings. The number of unbranched alkanes of at least 4 members (excludes halogenated alkanes) is 2. The highest BCUT2D eigenvalue weighted by Gasteiger charge is 2.22. The third-order valence-electron chi connectivity index (χ3n) is 7.80. The fourth-order valence-electron chi connectivity index (χ4n) is 5.08. The molecule has 0 spiro atoms. The minimum Gasteiger partial charge on any atom is -0.462 e. The van der Waals surface area contributed by atoms with Gasteiger partial charge in [0, 0.05) is 18.8 Å². The van der Waals surface area contributed by atoms with E-state index in [-0.39, 0.29) is 6.61 Å². The molecule has 1 aromatic carbocycles. The van der Waals surface area contributed by atoms with Crippen LogP contribution in [0.4, 0.5) is 16.4 Å². The average Bonchev–Trinajstić information content (AvgIpc) is 3.30. The summed E-state index contributed by atoms with van der Waals surface area (Å²) < 4.78 is 5.16. The van der Waals surface area contributed by atoms with Crippen LogP contribution in [0.2, 0.25) is 0 Å². The monoisotopic (exact) mass is 566 g/mol. The molecule has 0 fully saturated rings. The Morgan fingerprint density at radius 3 is 2.12 bits per heavy atom. The molecule has 220 valence electrons. The van der Waals surface area contributed by atoms with Gasteiger partial charge in [0.1, 0.15) is 10.9 Å². The zero-order valence-electron chi connectivity index (χ0n) is 25.9. The number of anilines is 1. The van der Waals surface area contributed by atoms with E-state index in [9.17, 15) is 10.1 Å². The second-order valence-electron chi connectivity index (χ2n) is 10.7. The lowest BCUT2D eigenvalue weighted by Crippen LogP contribution is -2.34. The first kappa shape index (κ1) is 33.5. The molecule has 1 aromatic heterocycles. The van der Waals surface area contributed by atoms with Crippen LogP contribution in [0.15, 0.2) is 28.4 Å². The fraction of sp³-hybridized carbons (Fsp3) is 0.636. The molecule has 2 rings (SSSR count).